The molecule has 102 valence electrons. The lowest BCUT2D eigenvalue weighted by Crippen LogP contribution is -2.34. The molecular formula is C15H21N3S. The maximum Gasteiger partial charge on any atom is 0.123 e. The van der Waals surface area contributed by atoms with E-state index < -0.39 is 0 Å². The minimum absolute atomic E-state index is 0.658. The van der Waals surface area contributed by atoms with Crippen LogP contribution in [0.15, 0.2) is 17.9 Å². The van der Waals surface area contributed by atoms with Crippen LogP contribution in [0.4, 0.5) is 0 Å². The molecule has 4 heteroatoms. The van der Waals surface area contributed by atoms with Gasteiger partial charge in [-0.25, -0.2) is 4.98 Å². The predicted molar refractivity (Wildman–Crippen MR) is 78.9 cm³/mol. The molecule has 3 nitrogen and oxygen atoms in total. The molecule has 2 aliphatic rings. The zero-order chi connectivity index (χ0) is 12.7. The number of fused-ring (bicyclic) bond motifs is 1. The van der Waals surface area contributed by atoms with Crippen molar-refractivity contribution in [2.75, 3.05) is 13.1 Å². The van der Waals surface area contributed by atoms with Crippen molar-refractivity contribution in [3.8, 4) is 0 Å². The number of likely N-dealkylation sites (tertiary alicyclic amines) is 1. The van der Waals surface area contributed by atoms with Crippen molar-refractivity contribution in [2.24, 2.45) is 0 Å². The molecule has 3 heterocycles. The molecule has 0 N–H and O–H groups in total. The van der Waals surface area contributed by atoms with Gasteiger partial charge in [-0.2, -0.15) is 0 Å². The standard InChI is InChI=1S/C15H21N3S/c1-2-4-13(5-3-1)17-7-6-12(10-17)14-15-18(11-16-14)8-9-19-15/h8-9,11-13H,1-7,10H2. The smallest absolute Gasteiger partial charge is 0.123 e. The summed E-state index contributed by atoms with van der Waals surface area (Å²) in [6, 6.07) is 0.861. The van der Waals surface area contributed by atoms with E-state index in [1.807, 2.05) is 17.7 Å². The molecule has 0 bridgehead atoms. The van der Waals surface area contributed by atoms with Gasteiger partial charge in [0.15, 0.2) is 0 Å². The molecule has 1 saturated heterocycles. The monoisotopic (exact) mass is 275 g/mol. The highest BCUT2D eigenvalue weighted by Gasteiger charge is 2.31. The Labute approximate surface area is 118 Å². The summed E-state index contributed by atoms with van der Waals surface area (Å²) in [4.78, 5) is 8.76. The van der Waals surface area contributed by atoms with Crippen LogP contribution in [0.25, 0.3) is 4.83 Å². The maximum atomic E-state index is 4.66. The summed E-state index contributed by atoms with van der Waals surface area (Å²) in [7, 11) is 0. The Hall–Kier alpha value is -0.870. The lowest BCUT2D eigenvalue weighted by molar-refractivity contribution is 0.189. The maximum absolute atomic E-state index is 4.66. The van der Waals surface area contributed by atoms with E-state index in [1.165, 1.54) is 62.1 Å². The first-order chi connectivity index (χ1) is 9.42. The van der Waals surface area contributed by atoms with Crippen LogP contribution in [-0.4, -0.2) is 33.4 Å². The Morgan fingerprint density at radius 1 is 1.16 bits per heavy atom. The topological polar surface area (TPSA) is 20.5 Å². The number of imidazole rings is 1. The molecular weight excluding hydrogens is 254 g/mol. The Balaban J connectivity index is 1.51. The summed E-state index contributed by atoms with van der Waals surface area (Å²) in [6.07, 6.45) is 12.5. The fourth-order valence-electron chi connectivity index (χ4n) is 3.82. The Kier molecular flexibility index (Phi) is 3.08. The molecule has 1 unspecified atom stereocenters. The van der Waals surface area contributed by atoms with Crippen LogP contribution >= 0.6 is 11.3 Å². The van der Waals surface area contributed by atoms with Gasteiger partial charge in [0.05, 0.1) is 5.69 Å². The molecule has 1 atom stereocenters. The SMILES string of the molecule is c1cn2cnc(C3CCN(C4CCCCC4)C3)c2s1. The average Bonchev–Trinajstić information content (AvgIpc) is 3.15. The van der Waals surface area contributed by atoms with Crippen molar-refractivity contribution in [1.82, 2.24) is 14.3 Å². The van der Waals surface area contributed by atoms with Gasteiger partial charge >= 0.3 is 0 Å². The van der Waals surface area contributed by atoms with Gasteiger partial charge in [-0.15, -0.1) is 11.3 Å². The van der Waals surface area contributed by atoms with Gasteiger partial charge in [-0.3, -0.25) is 9.30 Å². The fraction of sp³-hybridized carbons (Fsp3) is 0.667. The van der Waals surface area contributed by atoms with Gasteiger partial charge in [-0.05, 0) is 25.8 Å². The third-order valence-electron chi connectivity index (χ3n) is 4.87. The lowest BCUT2D eigenvalue weighted by atomic mass is 9.94. The van der Waals surface area contributed by atoms with Crippen LogP contribution < -0.4 is 0 Å². The summed E-state index contributed by atoms with van der Waals surface area (Å²) in [5.41, 5.74) is 1.34. The second-order valence-electron chi connectivity index (χ2n) is 6.02. The van der Waals surface area contributed by atoms with Gasteiger partial charge in [0.25, 0.3) is 0 Å². The molecule has 0 spiro atoms. The molecule has 1 aliphatic heterocycles. The van der Waals surface area contributed by atoms with Crippen LogP contribution in [0.1, 0.15) is 50.1 Å². The minimum Gasteiger partial charge on any atom is -0.300 e. The zero-order valence-corrected chi connectivity index (χ0v) is 12.1. The molecule has 4 rings (SSSR count). The highest BCUT2D eigenvalue weighted by molar-refractivity contribution is 7.15. The van der Waals surface area contributed by atoms with Crippen molar-refractivity contribution >= 4 is 16.2 Å². The van der Waals surface area contributed by atoms with Gasteiger partial charge < -0.3 is 0 Å². The Morgan fingerprint density at radius 3 is 2.95 bits per heavy atom. The summed E-state index contributed by atoms with van der Waals surface area (Å²) >= 11 is 1.83. The molecule has 1 aliphatic carbocycles. The molecule has 0 amide bonds. The number of rotatable bonds is 2. The fourth-order valence-corrected chi connectivity index (χ4v) is 4.71. The summed E-state index contributed by atoms with van der Waals surface area (Å²) in [6.45, 7) is 2.51. The summed E-state index contributed by atoms with van der Waals surface area (Å²) < 4.78 is 2.17. The van der Waals surface area contributed by atoms with Crippen molar-refractivity contribution in [2.45, 2.75) is 50.5 Å². The van der Waals surface area contributed by atoms with Crippen molar-refractivity contribution in [3.63, 3.8) is 0 Å². The largest absolute Gasteiger partial charge is 0.300 e. The van der Waals surface area contributed by atoms with Crippen LogP contribution in [0.5, 0.6) is 0 Å². The van der Waals surface area contributed by atoms with Gasteiger partial charge in [0.1, 0.15) is 11.2 Å². The average molecular weight is 275 g/mol. The lowest BCUT2D eigenvalue weighted by Gasteiger charge is -2.30. The summed E-state index contributed by atoms with van der Waals surface area (Å²) in [5.74, 6) is 0.658. The normalized spacial score (nSPS) is 26.4. The van der Waals surface area contributed by atoms with Gasteiger partial charge in [0.2, 0.25) is 0 Å². The minimum atomic E-state index is 0.658. The Bertz CT molecular complexity index is 552. The molecule has 2 aromatic heterocycles. The molecule has 19 heavy (non-hydrogen) atoms. The molecule has 0 radical (unpaired) electrons. The molecule has 0 aromatic carbocycles. The zero-order valence-electron chi connectivity index (χ0n) is 11.3. The number of hydrogen-bond donors (Lipinski definition) is 0. The first kappa shape index (κ1) is 11.9. The van der Waals surface area contributed by atoms with Crippen molar-refractivity contribution in [1.29, 1.82) is 0 Å². The first-order valence-corrected chi connectivity index (χ1v) is 8.44. The predicted octanol–water partition coefficient (Wildman–Crippen LogP) is 3.52. The van der Waals surface area contributed by atoms with E-state index in [2.05, 4.69) is 25.9 Å². The second-order valence-corrected chi connectivity index (χ2v) is 6.91. The van der Waals surface area contributed by atoms with E-state index in [-0.39, 0.29) is 0 Å². The third-order valence-corrected chi connectivity index (χ3v) is 5.77. The van der Waals surface area contributed by atoms with E-state index in [9.17, 15) is 0 Å². The van der Waals surface area contributed by atoms with E-state index in [0.29, 0.717) is 5.92 Å². The van der Waals surface area contributed by atoms with E-state index >= 15 is 0 Å². The van der Waals surface area contributed by atoms with Crippen LogP contribution in [0.2, 0.25) is 0 Å². The quantitative estimate of drug-likeness (QED) is 0.836. The number of thiazole rings is 1. The van der Waals surface area contributed by atoms with Crippen LogP contribution in [0, 0.1) is 0 Å². The Morgan fingerprint density at radius 2 is 2.05 bits per heavy atom. The van der Waals surface area contributed by atoms with Gasteiger partial charge in [0, 0.05) is 30.1 Å². The van der Waals surface area contributed by atoms with E-state index in [0.717, 1.165) is 6.04 Å². The molecule has 2 fully saturated rings. The number of aromatic nitrogens is 2. The number of hydrogen-bond acceptors (Lipinski definition) is 3. The van der Waals surface area contributed by atoms with Crippen LogP contribution in [-0.2, 0) is 0 Å². The van der Waals surface area contributed by atoms with E-state index in [4.69, 9.17) is 0 Å². The van der Waals surface area contributed by atoms with E-state index in [1.54, 1.807) is 0 Å². The third kappa shape index (κ3) is 2.11. The highest BCUT2D eigenvalue weighted by Crippen LogP contribution is 2.34. The van der Waals surface area contributed by atoms with Crippen molar-refractivity contribution < 1.29 is 0 Å². The summed E-state index contributed by atoms with van der Waals surface area (Å²) in [5, 5.41) is 2.16. The second kappa shape index (κ2) is 4.91. The first-order valence-electron chi connectivity index (χ1n) is 7.56. The van der Waals surface area contributed by atoms with Crippen molar-refractivity contribution in [3.05, 3.63) is 23.6 Å². The molecule has 1 saturated carbocycles. The van der Waals surface area contributed by atoms with Gasteiger partial charge in [-0.1, -0.05) is 19.3 Å². The molecule has 2 aromatic rings. The van der Waals surface area contributed by atoms with Crippen LogP contribution in [0.3, 0.4) is 0 Å². The highest BCUT2D eigenvalue weighted by atomic mass is 32.1. The number of nitrogens with zero attached hydrogens (tertiary/aromatic N) is 3.